The van der Waals surface area contributed by atoms with Crippen LogP contribution in [0.2, 0.25) is 0 Å². The number of β-amino-alcohol motifs (C(OH)–C–C–N with tert-alkyl or cyclic N) is 1. The lowest BCUT2D eigenvalue weighted by molar-refractivity contribution is 0.0250. The van der Waals surface area contributed by atoms with Gasteiger partial charge in [-0.05, 0) is 38.7 Å². The summed E-state index contributed by atoms with van der Waals surface area (Å²) in [6.07, 6.45) is 3.06. The molecule has 3 heterocycles. The molecule has 0 bridgehead atoms. The molecule has 130 valence electrons. The minimum Gasteiger partial charge on any atom is -0.391 e. The molecule has 0 spiro atoms. The van der Waals surface area contributed by atoms with E-state index in [-0.39, 0.29) is 17.9 Å². The van der Waals surface area contributed by atoms with Crippen molar-refractivity contribution in [1.29, 1.82) is 0 Å². The first-order chi connectivity index (χ1) is 11.4. The molecule has 0 aromatic carbocycles. The maximum Gasteiger partial charge on any atom is 0.254 e. The van der Waals surface area contributed by atoms with Gasteiger partial charge in [-0.3, -0.25) is 4.79 Å². The highest BCUT2D eigenvalue weighted by Gasteiger charge is 2.29. The van der Waals surface area contributed by atoms with E-state index in [0.717, 1.165) is 29.6 Å². The highest BCUT2D eigenvalue weighted by molar-refractivity contribution is 6.05. The highest BCUT2D eigenvalue weighted by Crippen LogP contribution is 2.25. The van der Waals surface area contributed by atoms with E-state index in [2.05, 4.69) is 23.9 Å². The van der Waals surface area contributed by atoms with Gasteiger partial charge >= 0.3 is 0 Å². The van der Waals surface area contributed by atoms with Crippen LogP contribution in [0.25, 0.3) is 11.0 Å². The molecule has 1 aliphatic rings. The van der Waals surface area contributed by atoms with E-state index in [1.807, 2.05) is 24.6 Å². The molecule has 1 fully saturated rings. The maximum absolute atomic E-state index is 13.0. The van der Waals surface area contributed by atoms with Gasteiger partial charge in [-0.2, -0.15) is 5.10 Å². The first-order valence-electron chi connectivity index (χ1n) is 8.74. The fourth-order valence-electron chi connectivity index (χ4n) is 3.22. The molecule has 3 atom stereocenters. The van der Waals surface area contributed by atoms with E-state index in [4.69, 9.17) is 0 Å². The fraction of sp³-hybridized carbons (Fsp3) is 0.611. The molecular weight excluding hydrogens is 304 g/mol. The van der Waals surface area contributed by atoms with Gasteiger partial charge in [-0.1, -0.05) is 13.8 Å². The van der Waals surface area contributed by atoms with E-state index in [1.54, 1.807) is 11.1 Å². The zero-order valence-electron chi connectivity index (χ0n) is 14.9. The number of likely N-dealkylation sites (tertiary alicyclic amines) is 1. The predicted molar refractivity (Wildman–Crippen MR) is 93.0 cm³/mol. The number of pyridine rings is 1. The Morgan fingerprint density at radius 3 is 2.92 bits per heavy atom. The molecule has 1 aliphatic heterocycles. The summed E-state index contributed by atoms with van der Waals surface area (Å²) in [7, 11) is 0. The van der Waals surface area contributed by atoms with E-state index in [0.29, 0.717) is 18.7 Å². The number of carbonyl (C=O) groups excluding carboxylic acids is 1. The Labute approximate surface area is 142 Å². The number of fused-ring (bicyclic) bond motifs is 1. The zero-order valence-corrected chi connectivity index (χ0v) is 14.9. The van der Waals surface area contributed by atoms with Crippen molar-refractivity contribution < 1.29 is 9.90 Å². The number of nitrogens with zero attached hydrogens (tertiary/aromatic N) is 4. The number of aliphatic hydroxyl groups is 1. The molecule has 1 N–H and O–H groups in total. The summed E-state index contributed by atoms with van der Waals surface area (Å²) in [4.78, 5) is 19.4. The van der Waals surface area contributed by atoms with Crippen LogP contribution in [0.4, 0.5) is 0 Å². The summed E-state index contributed by atoms with van der Waals surface area (Å²) in [5.41, 5.74) is 2.20. The van der Waals surface area contributed by atoms with Crippen molar-refractivity contribution in [2.45, 2.75) is 52.7 Å². The van der Waals surface area contributed by atoms with Gasteiger partial charge in [0.2, 0.25) is 0 Å². The molecule has 2 aromatic heterocycles. The van der Waals surface area contributed by atoms with E-state index >= 15 is 0 Å². The third-order valence-corrected chi connectivity index (χ3v) is 5.14. The second-order valence-electron chi connectivity index (χ2n) is 6.98. The van der Waals surface area contributed by atoms with E-state index in [1.165, 1.54) is 0 Å². The number of aliphatic hydroxyl groups excluding tert-OH is 1. The average Bonchev–Trinajstić information content (AvgIpc) is 2.98. The van der Waals surface area contributed by atoms with Crippen LogP contribution in [0.15, 0.2) is 12.3 Å². The molecule has 6 nitrogen and oxygen atoms in total. The molecule has 3 unspecified atom stereocenters. The Bertz CT molecular complexity index is 755. The average molecular weight is 330 g/mol. The second kappa shape index (κ2) is 6.51. The van der Waals surface area contributed by atoms with Crippen molar-refractivity contribution >= 4 is 16.9 Å². The van der Waals surface area contributed by atoms with Gasteiger partial charge < -0.3 is 10.0 Å². The number of carbonyl (C=O) groups is 1. The van der Waals surface area contributed by atoms with Crippen LogP contribution in [-0.4, -0.2) is 49.9 Å². The molecule has 0 aliphatic carbocycles. The Hall–Kier alpha value is -1.95. The van der Waals surface area contributed by atoms with Crippen molar-refractivity contribution in [3.8, 4) is 0 Å². The van der Waals surface area contributed by atoms with Gasteiger partial charge in [-0.25, -0.2) is 9.67 Å². The van der Waals surface area contributed by atoms with Crippen LogP contribution in [-0.2, 0) is 0 Å². The maximum atomic E-state index is 13.0. The van der Waals surface area contributed by atoms with Crippen LogP contribution in [0.5, 0.6) is 0 Å². The van der Waals surface area contributed by atoms with Crippen LogP contribution in [0.3, 0.4) is 0 Å². The standard InChI is InChI=1S/C18H26N4O2/c1-5-13(4)22-17-15(9-19-22)14(8-12(3)20-17)18(24)21-7-6-11(2)16(23)10-21/h8-9,11,13,16,23H,5-7,10H2,1-4H3. The van der Waals surface area contributed by atoms with Crippen molar-refractivity contribution in [3.05, 3.63) is 23.5 Å². The third kappa shape index (κ3) is 2.90. The fourth-order valence-corrected chi connectivity index (χ4v) is 3.22. The van der Waals surface area contributed by atoms with Crippen molar-refractivity contribution in [2.75, 3.05) is 13.1 Å². The van der Waals surface area contributed by atoms with Crippen molar-refractivity contribution in [2.24, 2.45) is 5.92 Å². The summed E-state index contributed by atoms with van der Waals surface area (Å²) in [6, 6.07) is 2.06. The topological polar surface area (TPSA) is 71.2 Å². The first-order valence-corrected chi connectivity index (χ1v) is 8.74. The lowest BCUT2D eigenvalue weighted by Crippen LogP contribution is -2.45. The summed E-state index contributed by atoms with van der Waals surface area (Å²) in [5, 5.41) is 15.3. The minimum absolute atomic E-state index is 0.0415. The normalized spacial score (nSPS) is 22.8. The number of hydrogen-bond acceptors (Lipinski definition) is 4. The summed E-state index contributed by atoms with van der Waals surface area (Å²) in [5.74, 6) is 0.196. The molecule has 6 heteroatoms. The Morgan fingerprint density at radius 1 is 1.50 bits per heavy atom. The summed E-state index contributed by atoms with van der Waals surface area (Å²) in [6.45, 7) is 9.20. The van der Waals surface area contributed by atoms with Gasteiger partial charge in [0.05, 0.1) is 29.3 Å². The van der Waals surface area contributed by atoms with Gasteiger partial charge in [0.15, 0.2) is 5.65 Å². The zero-order chi connectivity index (χ0) is 17.4. The van der Waals surface area contributed by atoms with Gasteiger partial charge in [0, 0.05) is 18.8 Å². The molecule has 24 heavy (non-hydrogen) atoms. The number of aryl methyl sites for hydroxylation is 1. The minimum atomic E-state index is -0.455. The number of hydrogen-bond donors (Lipinski definition) is 1. The monoisotopic (exact) mass is 330 g/mol. The molecule has 3 rings (SSSR count). The van der Waals surface area contributed by atoms with Gasteiger partial charge in [0.1, 0.15) is 0 Å². The van der Waals surface area contributed by atoms with Crippen molar-refractivity contribution in [1.82, 2.24) is 19.7 Å². The Kier molecular flexibility index (Phi) is 4.58. The summed E-state index contributed by atoms with van der Waals surface area (Å²) < 4.78 is 1.90. The number of piperidine rings is 1. The van der Waals surface area contributed by atoms with Crippen LogP contribution >= 0.6 is 0 Å². The van der Waals surface area contributed by atoms with Crippen LogP contribution in [0, 0.1) is 12.8 Å². The SMILES string of the molecule is CCC(C)n1ncc2c(C(=O)N3CCC(C)C(O)C3)cc(C)nc21. The van der Waals surface area contributed by atoms with Crippen LogP contribution < -0.4 is 0 Å². The number of amides is 1. The van der Waals surface area contributed by atoms with E-state index < -0.39 is 6.10 Å². The smallest absolute Gasteiger partial charge is 0.254 e. The highest BCUT2D eigenvalue weighted by atomic mass is 16.3. The molecule has 1 saturated heterocycles. The third-order valence-electron chi connectivity index (χ3n) is 5.14. The molecule has 2 aromatic rings. The predicted octanol–water partition coefficient (Wildman–Crippen LogP) is 2.55. The second-order valence-corrected chi connectivity index (χ2v) is 6.98. The molecule has 0 saturated carbocycles. The van der Waals surface area contributed by atoms with Crippen molar-refractivity contribution in [3.63, 3.8) is 0 Å². The molecule has 0 radical (unpaired) electrons. The Balaban J connectivity index is 2.00. The largest absolute Gasteiger partial charge is 0.391 e. The molecular formula is C18H26N4O2. The van der Waals surface area contributed by atoms with Crippen LogP contribution in [0.1, 0.15) is 55.7 Å². The molecule has 1 amide bonds. The Morgan fingerprint density at radius 2 is 2.25 bits per heavy atom. The van der Waals surface area contributed by atoms with Gasteiger partial charge in [-0.15, -0.1) is 0 Å². The van der Waals surface area contributed by atoms with E-state index in [9.17, 15) is 9.90 Å². The summed E-state index contributed by atoms with van der Waals surface area (Å²) >= 11 is 0. The lowest BCUT2D eigenvalue weighted by Gasteiger charge is -2.34. The number of aromatic nitrogens is 3. The quantitative estimate of drug-likeness (QED) is 0.939. The van der Waals surface area contributed by atoms with Gasteiger partial charge in [0.25, 0.3) is 5.91 Å². The first kappa shape index (κ1) is 16.9. The lowest BCUT2D eigenvalue weighted by atomic mass is 9.95. The number of rotatable bonds is 3.